The van der Waals surface area contributed by atoms with Gasteiger partial charge in [0.2, 0.25) is 5.95 Å². The van der Waals surface area contributed by atoms with E-state index in [-0.39, 0.29) is 11.6 Å². The van der Waals surface area contributed by atoms with Gasteiger partial charge in [-0.1, -0.05) is 17.7 Å². The zero-order chi connectivity index (χ0) is 19.2. The lowest BCUT2D eigenvalue weighted by atomic mass is 10.3. The molecule has 0 bridgehead atoms. The molecule has 0 radical (unpaired) electrons. The van der Waals surface area contributed by atoms with Crippen LogP contribution in [0.5, 0.6) is 5.75 Å². The van der Waals surface area contributed by atoms with Crippen molar-refractivity contribution in [2.24, 2.45) is 0 Å². The second-order valence-electron chi connectivity index (χ2n) is 5.77. The Labute approximate surface area is 162 Å². The minimum Gasteiger partial charge on any atom is -0.494 e. The van der Waals surface area contributed by atoms with Crippen LogP contribution >= 0.6 is 11.6 Å². The summed E-state index contributed by atoms with van der Waals surface area (Å²) in [5.41, 5.74) is 2.33. The second kappa shape index (κ2) is 8.51. The number of hydrogen-bond acceptors (Lipinski definition) is 5. The first-order chi connectivity index (χ1) is 13.0. The van der Waals surface area contributed by atoms with Crippen molar-refractivity contribution >= 4 is 34.8 Å². The molecule has 3 aromatic rings. The highest BCUT2D eigenvalue weighted by molar-refractivity contribution is 6.30. The van der Waals surface area contributed by atoms with Gasteiger partial charge in [-0.25, -0.2) is 9.97 Å². The van der Waals surface area contributed by atoms with Crippen LogP contribution in [0.15, 0.2) is 54.6 Å². The molecule has 138 valence electrons. The van der Waals surface area contributed by atoms with E-state index < -0.39 is 0 Å². The number of carbonyl (C=O) groups is 1. The van der Waals surface area contributed by atoms with Crippen molar-refractivity contribution < 1.29 is 9.53 Å². The van der Waals surface area contributed by atoms with Gasteiger partial charge in [-0.2, -0.15) is 0 Å². The van der Waals surface area contributed by atoms with Crippen LogP contribution in [-0.2, 0) is 0 Å². The van der Waals surface area contributed by atoms with E-state index in [1.165, 1.54) is 0 Å². The molecule has 0 aliphatic heterocycles. The molecule has 7 heteroatoms. The number of aromatic nitrogens is 2. The van der Waals surface area contributed by atoms with Crippen LogP contribution in [0.1, 0.15) is 23.1 Å². The molecule has 27 heavy (non-hydrogen) atoms. The Morgan fingerprint density at radius 1 is 1.07 bits per heavy atom. The van der Waals surface area contributed by atoms with Gasteiger partial charge >= 0.3 is 0 Å². The van der Waals surface area contributed by atoms with Crippen LogP contribution in [0.2, 0.25) is 5.02 Å². The summed E-state index contributed by atoms with van der Waals surface area (Å²) in [6.45, 7) is 4.35. The maximum atomic E-state index is 12.5. The predicted molar refractivity (Wildman–Crippen MR) is 107 cm³/mol. The Hall–Kier alpha value is -3.12. The van der Waals surface area contributed by atoms with Gasteiger partial charge in [0, 0.05) is 22.1 Å². The van der Waals surface area contributed by atoms with Gasteiger partial charge in [0.25, 0.3) is 5.91 Å². The van der Waals surface area contributed by atoms with Crippen LogP contribution in [0.3, 0.4) is 0 Å². The molecule has 6 nitrogen and oxygen atoms in total. The molecule has 1 heterocycles. The summed E-state index contributed by atoms with van der Waals surface area (Å²) in [6.07, 6.45) is 0. The van der Waals surface area contributed by atoms with Gasteiger partial charge in [0.05, 0.1) is 6.61 Å². The van der Waals surface area contributed by atoms with E-state index in [4.69, 9.17) is 16.3 Å². The Kier molecular flexibility index (Phi) is 5.88. The fourth-order valence-corrected chi connectivity index (χ4v) is 2.62. The van der Waals surface area contributed by atoms with Gasteiger partial charge in [0.1, 0.15) is 11.4 Å². The van der Waals surface area contributed by atoms with Gasteiger partial charge < -0.3 is 15.4 Å². The van der Waals surface area contributed by atoms with E-state index >= 15 is 0 Å². The quantitative estimate of drug-likeness (QED) is 0.638. The van der Waals surface area contributed by atoms with Crippen molar-refractivity contribution in [3.8, 4) is 5.75 Å². The van der Waals surface area contributed by atoms with E-state index in [9.17, 15) is 4.79 Å². The summed E-state index contributed by atoms with van der Waals surface area (Å²) in [7, 11) is 0. The van der Waals surface area contributed by atoms with Crippen molar-refractivity contribution in [3.05, 3.63) is 71.0 Å². The number of hydrogen-bond donors (Lipinski definition) is 2. The van der Waals surface area contributed by atoms with Gasteiger partial charge in [0.15, 0.2) is 0 Å². The molecule has 1 aromatic heterocycles. The minimum absolute atomic E-state index is 0.260. The molecule has 1 amide bonds. The monoisotopic (exact) mass is 382 g/mol. The third-order valence-electron chi connectivity index (χ3n) is 3.59. The third-order valence-corrected chi connectivity index (χ3v) is 3.83. The highest BCUT2D eigenvalue weighted by Crippen LogP contribution is 2.19. The predicted octanol–water partition coefficient (Wildman–Crippen LogP) is 4.83. The molecule has 0 atom stereocenters. The number of nitrogens with zero attached hydrogens (tertiary/aromatic N) is 2. The number of nitrogens with one attached hydrogen (secondary N) is 2. The average molecular weight is 383 g/mol. The minimum atomic E-state index is -0.336. The summed E-state index contributed by atoms with van der Waals surface area (Å²) >= 11 is 5.95. The normalized spacial score (nSPS) is 10.3. The fraction of sp³-hybridized carbons (Fsp3) is 0.150. The average Bonchev–Trinajstić information content (AvgIpc) is 2.63. The molecule has 0 fully saturated rings. The van der Waals surface area contributed by atoms with Crippen LogP contribution in [0.25, 0.3) is 0 Å². The smallest absolute Gasteiger partial charge is 0.274 e. The number of amides is 1. The SMILES string of the molecule is CCOc1ccc(Nc2nc(C)cc(C(=O)Nc3cccc(Cl)c3)n2)cc1. The first-order valence-corrected chi connectivity index (χ1v) is 8.84. The molecular weight excluding hydrogens is 364 g/mol. The van der Waals surface area contributed by atoms with Gasteiger partial charge in [-0.05, 0) is 62.4 Å². The summed E-state index contributed by atoms with van der Waals surface area (Å²) in [6, 6.07) is 16.0. The molecule has 0 aliphatic carbocycles. The van der Waals surface area contributed by atoms with Crippen LogP contribution in [0, 0.1) is 6.92 Å². The molecule has 0 aliphatic rings. The Morgan fingerprint density at radius 2 is 1.85 bits per heavy atom. The van der Waals surface area contributed by atoms with Crippen LogP contribution in [0.4, 0.5) is 17.3 Å². The Morgan fingerprint density at radius 3 is 2.56 bits per heavy atom. The standard InChI is InChI=1S/C20H19ClN4O2/c1-3-27-17-9-7-15(8-10-17)24-20-22-13(2)11-18(25-20)19(26)23-16-6-4-5-14(21)12-16/h4-12H,3H2,1-2H3,(H,23,26)(H,22,24,25). The summed E-state index contributed by atoms with van der Waals surface area (Å²) < 4.78 is 5.42. The summed E-state index contributed by atoms with van der Waals surface area (Å²) in [4.78, 5) is 21.2. The molecule has 0 saturated heterocycles. The topological polar surface area (TPSA) is 76.1 Å². The number of rotatable bonds is 6. The van der Waals surface area contributed by atoms with Crippen molar-refractivity contribution in [2.75, 3.05) is 17.2 Å². The fourth-order valence-electron chi connectivity index (χ4n) is 2.43. The van der Waals surface area contributed by atoms with Crippen LogP contribution < -0.4 is 15.4 Å². The molecule has 0 unspecified atom stereocenters. The van der Waals surface area contributed by atoms with E-state index in [0.29, 0.717) is 29.0 Å². The summed E-state index contributed by atoms with van der Waals surface area (Å²) in [5.74, 6) is 0.794. The Bertz CT molecular complexity index is 945. The highest BCUT2D eigenvalue weighted by Gasteiger charge is 2.11. The van der Waals surface area contributed by atoms with Crippen molar-refractivity contribution in [1.82, 2.24) is 9.97 Å². The van der Waals surface area contributed by atoms with Gasteiger partial charge in [-0.3, -0.25) is 4.79 Å². The maximum Gasteiger partial charge on any atom is 0.274 e. The van der Waals surface area contributed by atoms with E-state index in [1.54, 1.807) is 37.3 Å². The van der Waals surface area contributed by atoms with E-state index in [1.807, 2.05) is 31.2 Å². The lowest BCUT2D eigenvalue weighted by Crippen LogP contribution is -2.15. The Balaban J connectivity index is 1.76. The largest absolute Gasteiger partial charge is 0.494 e. The van der Waals surface area contributed by atoms with Crippen molar-refractivity contribution in [1.29, 1.82) is 0 Å². The lowest BCUT2D eigenvalue weighted by Gasteiger charge is -2.10. The molecule has 3 rings (SSSR count). The third kappa shape index (κ3) is 5.18. The van der Waals surface area contributed by atoms with Crippen molar-refractivity contribution in [3.63, 3.8) is 0 Å². The second-order valence-corrected chi connectivity index (χ2v) is 6.20. The molecule has 2 N–H and O–H groups in total. The van der Waals surface area contributed by atoms with E-state index in [0.717, 1.165) is 11.4 Å². The highest BCUT2D eigenvalue weighted by atomic mass is 35.5. The van der Waals surface area contributed by atoms with Crippen molar-refractivity contribution in [2.45, 2.75) is 13.8 Å². The number of aryl methyl sites for hydroxylation is 1. The zero-order valence-corrected chi connectivity index (χ0v) is 15.7. The maximum absolute atomic E-state index is 12.5. The number of anilines is 3. The number of benzene rings is 2. The number of ether oxygens (including phenoxy) is 1. The summed E-state index contributed by atoms with van der Waals surface area (Å²) in [5, 5.41) is 6.43. The molecule has 0 saturated carbocycles. The van der Waals surface area contributed by atoms with Gasteiger partial charge in [-0.15, -0.1) is 0 Å². The zero-order valence-electron chi connectivity index (χ0n) is 15.0. The number of carbonyl (C=O) groups excluding carboxylic acids is 1. The lowest BCUT2D eigenvalue weighted by molar-refractivity contribution is 0.102. The van der Waals surface area contributed by atoms with Crippen LogP contribution in [-0.4, -0.2) is 22.5 Å². The molecular formula is C20H19ClN4O2. The first-order valence-electron chi connectivity index (χ1n) is 8.46. The molecule has 2 aromatic carbocycles. The number of halogens is 1. The van der Waals surface area contributed by atoms with E-state index in [2.05, 4.69) is 20.6 Å². The first kappa shape index (κ1) is 18.7. The molecule has 0 spiro atoms.